The number of nitrogens with one attached hydrogen (secondary N) is 1. The molecule has 1 aromatic carbocycles. The highest BCUT2D eigenvalue weighted by atomic mass is 16.2. The Balaban J connectivity index is 2.28. The second-order valence-electron chi connectivity index (χ2n) is 6.87. The van der Waals surface area contributed by atoms with Crippen molar-refractivity contribution in [3.05, 3.63) is 34.9 Å². The van der Waals surface area contributed by atoms with E-state index >= 15 is 0 Å². The van der Waals surface area contributed by atoms with Crippen LogP contribution >= 0.6 is 0 Å². The summed E-state index contributed by atoms with van der Waals surface area (Å²) in [5.74, 6) is 0.176. The van der Waals surface area contributed by atoms with Crippen molar-refractivity contribution in [1.82, 2.24) is 15.1 Å². The Morgan fingerprint density at radius 1 is 1.33 bits per heavy atom. The lowest BCUT2D eigenvalue weighted by Gasteiger charge is -2.38. The molecule has 21 heavy (non-hydrogen) atoms. The van der Waals surface area contributed by atoms with Crippen molar-refractivity contribution in [2.24, 2.45) is 0 Å². The van der Waals surface area contributed by atoms with Gasteiger partial charge in [-0.25, -0.2) is 0 Å². The predicted molar refractivity (Wildman–Crippen MR) is 86.1 cm³/mol. The maximum Gasteiger partial charge on any atom is 0.238 e. The van der Waals surface area contributed by atoms with Crippen LogP contribution in [0.2, 0.25) is 0 Å². The summed E-state index contributed by atoms with van der Waals surface area (Å²) in [5.41, 5.74) is 3.62. The minimum atomic E-state index is -0.0570. The van der Waals surface area contributed by atoms with Crippen molar-refractivity contribution < 1.29 is 4.79 Å². The van der Waals surface area contributed by atoms with Crippen LogP contribution in [0, 0.1) is 13.8 Å². The molecule has 116 valence electrons. The largest absolute Gasteiger partial charge is 0.320 e. The Labute approximate surface area is 128 Å². The van der Waals surface area contributed by atoms with Crippen molar-refractivity contribution in [1.29, 1.82) is 0 Å². The molecule has 0 radical (unpaired) electrons. The Morgan fingerprint density at radius 2 is 2.00 bits per heavy atom. The van der Waals surface area contributed by atoms with Gasteiger partial charge < -0.3 is 9.80 Å². The topological polar surface area (TPSA) is 35.6 Å². The van der Waals surface area contributed by atoms with E-state index in [1.807, 2.05) is 4.90 Å². The average Bonchev–Trinajstić information content (AvgIpc) is 2.71. The highest BCUT2D eigenvalue weighted by Gasteiger charge is 2.36. The van der Waals surface area contributed by atoms with E-state index in [9.17, 15) is 4.79 Å². The van der Waals surface area contributed by atoms with E-state index in [4.69, 9.17) is 0 Å². The number of carbonyl (C=O) groups excluding carboxylic acids is 1. The Hall–Kier alpha value is -1.39. The molecule has 1 amide bonds. The molecule has 1 aromatic rings. The summed E-state index contributed by atoms with van der Waals surface area (Å²) in [6.07, 6.45) is -0.0164. The zero-order chi connectivity index (χ0) is 15.8. The Bertz CT molecular complexity index is 537. The SMILES string of the molecule is Cc1ccc(C2NCC(=O)N2CC(C)(C)N(C)C)c(C)c1. The van der Waals surface area contributed by atoms with Crippen LogP contribution in [-0.2, 0) is 4.79 Å². The van der Waals surface area contributed by atoms with Crippen molar-refractivity contribution in [2.45, 2.75) is 39.4 Å². The molecule has 1 unspecified atom stereocenters. The second kappa shape index (κ2) is 5.78. The number of benzene rings is 1. The fourth-order valence-corrected chi connectivity index (χ4v) is 2.69. The third-order valence-electron chi connectivity index (χ3n) is 4.57. The fraction of sp³-hybridized carbons (Fsp3) is 0.588. The minimum Gasteiger partial charge on any atom is -0.320 e. The van der Waals surface area contributed by atoms with Crippen molar-refractivity contribution in [3.63, 3.8) is 0 Å². The van der Waals surface area contributed by atoms with Crippen LogP contribution in [0.5, 0.6) is 0 Å². The van der Waals surface area contributed by atoms with E-state index < -0.39 is 0 Å². The first-order chi connectivity index (χ1) is 9.72. The predicted octanol–water partition coefficient (Wildman–Crippen LogP) is 2.07. The molecule has 0 bridgehead atoms. The van der Waals surface area contributed by atoms with E-state index in [-0.39, 0.29) is 17.6 Å². The van der Waals surface area contributed by atoms with Gasteiger partial charge in [-0.3, -0.25) is 10.1 Å². The summed E-state index contributed by atoms with van der Waals surface area (Å²) in [7, 11) is 4.11. The number of hydrogen-bond acceptors (Lipinski definition) is 3. The van der Waals surface area contributed by atoms with Crippen molar-refractivity contribution in [3.8, 4) is 0 Å². The van der Waals surface area contributed by atoms with Gasteiger partial charge in [0, 0.05) is 12.1 Å². The summed E-state index contributed by atoms with van der Waals surface area (Å²) < 4.78 is 0. The number of hydrogen-bond donors (Lipinski definition) is 1. The number of likely N-dealkylation sites (N-methyl/N-ethyl adjacent to an activating group) is 1. The Morgan fingerprint density at radius 3 is 2.57 bits per heavy atom. The van der Waals surface area contributed by atoms with Gasteiger partial charge in [0.1, 0.15) is 6.17 Å². The molecule has 0 saturated carbocycles. The molecule has 0 aliphatic carbocycles. The summed E-state index contributed by atoms with van der Waals surface area (Å²) in [4.78, 5) is 16.4. The molecule has 1 aliphatic rings. The lowest BCUT2D eigenvalue weighted by atomic mass is 10.00. The molecular weight excluding hydrogens is 262 g/mol. The molecule has 1 fully saturated rings. The van der Waals surface area contributed by atoms with Gasteiger partial charge in [-0.05, 0) is 52.9 Å². The van der Waals surface area contributed by atoms with Crippen LogP contribution in [0.4, 0.5) is 0 Å². The van der Waals surface area contributed by atoms with Crippen LogP contribution in [0.25, 0.3) is 0 Å². The van der Waals surface area contributed by atoms with Crippen LogP contribution in [0.1, 0.15) is 36.7 Å². The average molecular weight is 289 g/mol. The molecule has 1 atom stereocenters. The van der Waals surface area contributed by atoms with E-state index in [2.05, 4.69) is 70.2 Å². The van der Waals surface area contributed by atoms with Gasteiger partial charge in [0.25, 0.3) is 0 Å². The van der Waals surface area contributed by atoms with Crippen LogP contribution in [0.15, 0.2) is 18.2 Å². The lowest BCUT2D eigenvalue weighted by Crippen LogP contribution is -2.49. The molecule has 1 aliphatic heterocycles. The van der Waals surface area contributed by atoms with Crippen LogP contribution in [0.3, 0.4) is 0 Å². The molecule has 1 N–H and O–H groups in total. The third-order valence-corrected chi connectivity index (χ3v) is 4.57. The number of rotatable bonds is 4. The highest BCUT2D eigenvalue weighted by molar-refractivity contribution is 5.81. The number of carbonyl (C=O) groups is 1. The molecule has 0 spiro atoms. The second-order valence-corrected chi connectivity index (χ2v) is 6.87. The third kappa shape index (κ3) is 3.27. The van der Waals surface area contributed by atoms with Gasteiger partial charge in [-0.15, -0.1) is 0 Å². The zero-order valence-corrected chi connectivity index (χ0v) is 14.0. The molecule has 0 aromatic heterocycles. The summed E-state index contributed by atoms with van der Waals surface area (Å²) in [6, 6.07) is 6.42. The highest BCUT2D eigenvalue weighted by Crippen LogP contribution is 2.28. The number of nitrogens with zero attached hydrogens (tertiary/aromatic N) is 2. The first-order valence-corrected chi connectivity index (χ1v) is 7.50. The Kier molecular flexibility index (Phi) is 4.40. The molecule has 1 heterocycles. The van der Waals surface area contributed by atoms with Crippen molar-refractivity contribution in [2.75, 3.05) is 27.2 Å². The minimum absolute atomic E-state index is 0.0164. The summed E-state index contributed by atoms with van der Waals surface area (Å²) in [5, 5.41) is 3.35. The number of aryl methyl sites for hydroxylation is 2. The summed E-state index contributed by atoms with van der Waals surface area (Å²) >= 11 is 0. The molecule has 1 saturated heterocycles. The van der Waals surface area contributed by atoms with Gasteiger partial charge in [-0.2, -0.15) is 0 Å². The van der Waals surface area contributed by atoms with Gasteiger partial charge >= 0.3 is 0 Å². The van der Waals surface area contributed by atoms with E-state index in [0.29, 0.717) is 13.1 Å². The van der Waals surface area contributed by atoms with Gasteiger partial charge in [0.2, 0.25) is 5.91 Å². The van der Waals surface area contributed by atoms with E-state index in [1.165, 1.54) is 16.7 Å². The standard InChI is InChI=1S/C17H27N3O/c1-12-7-8-14(13(2)9-12)16-18-10-15(21)20(16)11-17(3,4)19(5)6/h7-9,16,18H,10-11H2,1-6H3. The maximum absolute atomic E-state index is 12.3. The normalized spacial score (nSPS) is 19.7. The number of amides is 1. The van der Waals surface area contributed by atoms with Gasteiger partial charge in [0.05, 0.1) is 6.54 Å². The molecular formula is C17H27N3O. The van der Waals surface area contributed by atoms with E-state index in [1.54, 1.807) is 0 Å². The molecule has 4 heteroatoms. The molecule has 2 rings (SSSR count). The quantitative estimate of drug-likeness (QED) is 0.922. The van der Waals surface area contributed by atoms with Gasteiger partial charge in [0.15, 0.2) is 0 Å². The summed E-state index contributed by atoms with van der Waals surface area (Å²) in [6.45, 7) is 9.67. The monoisotopic (exact) mass is 289 g/mol. The van der Waals surface area contributed by atoms with E-state index in [0.717, 1.165) is 0 Å². The zero-order valence-electron chi connectivity index (χ0n) is 14.0. The lowest BCUT2D eigenvalue weighted by molar-refractivity contribution is -0.129. The fourth-order valence-electron chi connectivity index (χ4n) is 2.69. The van der Waals surface area contributed by atoms with Crippen LogP contribution in [-0.4, -0.2) is 48.4 Å². The van der Waals surface area contributed by atoms with Crippen LogP contribution < -0.4 is 5.32 Å². The first kappa shape index (κ1) is 16.0. The smallest absolute Gasteiger partial charge is 0.238 e. The first-order valence-electron chi connectivity index (χ1n) is 7.50. The van der Waals surface area contributed by atoms with Crippen molar-refractivity contribution >= 4 is 5.91 Å². The maximum atomic E-state index is 12.3. The molecule has 4 nitrogen and oxygen atoms in total. The van der Waals surface area contributed by atoms with Gasteiger partial charge in [-0.1, -0.05) is 23.8 Å².